The Morgan fingerprint density at radius 3 is 2.43 bits per heavy atom. The number of piperazine rings is 1. The highest BCUT2D eigenvalue weighted by molar-refractivity contribution is 7.91. The van der Waals surface area contributed by atoms with Crippen LogP contribution >= 0.6 is 11.3 Å². The Labute approximate surface area is 207 Å². The summed E-state index contributed by atoms with van der Waals surface area (Å²) in [7, 11) is -3.66. The van der Waals surface area contributed by atoms with E-state index in [1.54, 1.807) is 17.5 Å². The number of thiophene rings is 1. The van der Waals surface area contributed by atoms with E-state index in [-0.39, 0.29) is 40.9 Å². The molecule has 0 amide bonds. The van der Waals surface area contributed by atoms with E-state index >= 15 is 0 Å². The number of sulfonamides is 1. The van der Waals surface area contributed by atoms with Gasteiger partial charge in [0.25, 0.3) is 10.0 Å². The number of benzene rings is 1. The van der Waals surface area contributed by atoms with Gasteiger partial charge in [0, 0.05) is 30.7 Å². The van der Waals surface area contributed by atoms with Crippen LogP contribution in [0.25, 0.3) is 0 Å². The first kappa shape index (κ1) is 26.4. The molecule has 0 aliphatic carbocycles. The molecule has 1 unspecified atom stereocenters. The Bertz CT molecular complexity index is 1100. The van der Waals surface area contributed by atoms with Crippen LogP contribution in [0.1, 0.15) is 19.4 Å². The van der Waals surface area contributed by atoms with Crippen LogP contribution in [0.2, 0.25) is 0 Å². The van der Waals surface area contributed by atoms with Crippen LogP contribution in [0, 0.1) is 5.41 Å². The van der Waals surface area contributed by atoms with Gasteiger partial charge in [-0.3, -0.25) is 0 Å². The summed E-state index contributed by atoms with van der Waals surface area (Å²) in [5, 5.41) is 11.7. The maximum atomic E-state index is 13.2. The molecule has 35 heavy (non-hydrogen) atoms. The van der Waals surface area contributed by atoms with Crippen LogP contribution in [0.3, 0.4) is 0 Å². The fourth-order valence-electron chi connectivity index (χ4n) is 4.18. The van der Waals surface area contributed by atoms with Gasteiger partial charge < -0.3 is 19.5 Å². The summed E-state index contributed by atoms with van der Waals surface area (Å²) in [6.07, 6.45) is -4.81. The van der Waals surface area contributed by atoms with Crippen molar-refractivity contribution in [2.45, 2.75) is 35.9 Å². The van der Waals surface area contributed by atoms with E-state index in [1.165, 1.54) is 28.6 Å². The molecular formula is C23H29F3N2O5S2. The van der Waals surface area contributed by atoms with Gasteiger partial charge in [-0.15, -0.1) is 11.3 Å². The molecule has 2 aromatic rings. The molecule has 0 saturated carbocycles. The minimum Gasteiger partial charge on any atom is -0.380 e. The van der Waals surface area contributed by atoms with Crippen molar-refractivity contribution >= 4 is 27.0 Å². The molecule has 0 bridgehead atoms. The lowest BCUT2D eigenvalue weighted by Crippen LogP contribution is -2.57. The summed E-state index contributed by atoms with van der Waals surface area (Å²) in [5.74, 6) is 0. The zero-order chi connectivity index (χ0) is 25.5. The molecule has 0 radical (unpaired) electrons. The first-order valence-electron chi connectivity index (χ1n) is 11.2. The van der Waals surface area contributed by atoms with Crippen molar-refractivity contribution in [2.24, 2.45) is 5.41 Å². The van der Waals surface area contributed by atoms with Crippen molar-refractivity contribution in [3.05, 3.63) is 47.3 Å². The number of ether oxygens (including phenoxy) is 2. The van der Waals surface area contributed by atoms with Gasteiger partial charge in [0.15, 0.2) is 5.60 Å². The predicted octanol–water partition coefficient (Wildman–Crippen LogP) is 3.45. The zero-order valence-electron chi connectivity index (χ0n) is 19.5. The lowest BCUT2D eigenvalue weighted by Gasteiger charge is -2.43. The number of hydrogen-bond acceptors (Lipinski definition) is 7. The third-order valence-corrected chi connectivity index (χ3v) is 9.75. The number of hydrogen-bond donors (Lipinski definition) is 1. The molecule has 2 fully saturated rings. The number of aliphatic hydroxyl groups is 1. The van der Waals surface area contributed by atoms with E-state index in [2.05, 4.69) is 0 Å². The van der Waals surface area contributed by atoms with Crippen LogP contribution < -0.4 is 4.90 Å². The fourth-order valence-corrected chi connectivity index (χ4v) is 6.79. The second-order valence-electron chi connectivity index (χ2n) is 9.58. The quantitative estimate of drug-likeness (QED) is 0.559. The first-order valence-corrected chi connectivity index (χ1v) is 13.5. The zero-order valence-corrected chi connectivity index (χ0v) is 21.1. The van der Waals surface area contributed by atoms with Gasteiger partial charge in [-0.25, -0.2) is 8.42 Å². The van der Waals surface area contributed by atoms with Crippen LogP contribution in [-0.4, -0.2) is 76.1 Å². The molecule has 12 heteroatoms. The highest BCUT2D eigenvalue weighted by Gasteiger charge is 2.51. The van der Waals surface area contributed by atoms with E-state index in [0.717, 1.165) is 18.3 Å². The highest BCUT2D eigenvalue weighted by atomic mass is 32.2. The van der Waals surface area contributed by atoms with Crippen LogP contribution in [0.4, 0.5) is 18.9 Å². The summed E-state index contributed by atoms with van der Waals surface area (Å²) in [4.78, 5) is 1.95. The standard InChI is InChI=1S/C23H29F3N2O5S2/c1-21(15-33-16-21)14-32-13-19-12-27(35(30,31)20-4-3-11-34-20)9-10-28(19)18-7-5-17(6-8-18)22(2,29)23(24,25)26/h3-8,11,19,29H,9-10,12-16H2,1-2H3/t19-,22?/m1/s1. The van der Waals surface area contributed by atoms with Crippen molar-refractivity contribution in [2.75, 3.05) is 51.0 Å². The minimum atomic E-state index is -4.81. The van der Waals surface area contributed by atoms with Crippen LogP contribution in [-0.2, 0) is 25.1 Å². The monoisotopic (exact) mass is 534 g/mol. The third kappa shape index (κ3) is 5.37. The average Bonchev–Trinajstić information content (AvgIpc) is 3.33. The second-order valence-corrected chi connectivity index (χ2v) is 12.7. The Balaban J connectivity index is 1.54. The van der Waals surface area contributed by atoms with Gasteiger partial charge in [-0.05, 0) is 36.1 Å². The lowest BCUT2D eigenvalue weighted by molar-refractivity contribution is -0.258. The molecule has 3 heterocycles. The van der Waals surface area contributed by atoms with Gasteiger partial charge >= 0.3 is 6.18 Å². The Morgan fingerprint density at radius 1 is 1.20 bits per heavy atom. The van der Waals surface area contributed by atoms with Crippen molar-refractivity contribution in [1.29, 1.82) is 0 Å². The number of anilines is 1. The lowest BCUT2D eigenvalue weighted by atomic mass is 9.90. The van der Waals surface area contributed by atoms with Gasteiger partial charge in [0.05, 0.1) is 32.5 Å². The summed E-state index contributed by atoms with van der Waals surface area (Å²) < 4.78 is 78.8. The molecule has 2 saturated heterocycles. The average molecular weight is 535 g/mol. The molecule has 7 nitrogen and oxygen atoms in total. The number of rotatable bonds is 8. The first-order chi connectivity index (χ1) is 16.3. The van der Waals surface area contributed by atoms with Crippen molar-refractivity contribution < 1.29 is 36.2 Å². The van der Waals surface area contributed by atoms with Crippen molar-refractivity contribution in [1.82, 2.24) is 4.31 Å². The molecule has 0 spiro atoms. The van der Waals surface area contributed by atoms with E-state index < -0.39 is 21.8 Å². The molecule has 2 atom stereocenters. The topological polar surface area (TPSA) is 79.3 Å². The van der Waals surface area contributed by atoms with Gasteiger partial charge in [-0.1, -0.05) is 25.1 Å². The molecular weight excluding hydrogens is 505 g/mol. The molecule has 1 aromatic heterocycles. The number of halogens is 3. The molecule has 1 N–H and O–H groups in total. The second kappa shape index (κ2) is 9.64. The molecule has 1 aromatic carbocycles. The number of alkyl halides is 3. The van der Waals surface area contributed by atoms with E-state index in [9.17, 15) is 26.7 Å². The number of nitrogens with zero attached hydrogens (tertiary/aromatic N) is 2. The molecule has 2 aliphatic heterocycles. The molecule has 4 rings (SSSR count). The Kier molecular flexibility index (Phi) is 7.26. The van der Waals surface area contributed by atoms with Crippen LogP contribution in [0.5, 0.6) is 0 Å². The van der Waals surface area contributed by atoms with Gasteiger partial charge in [0.2, 0.25) is 0 Å². The van der Waals surface area contributed by atoms with E-state index in [1.807, 2.05) is 11.8 Å². The highest BCUT2D eigenvalue weighted by Crippen LogP contribution is 2.39. The molecule has 194 valence electrons. The SMILES string of the molecule is CC1(COC[C@H]2CN(S(=O)(=O)c3cccs3)CCN2c2ccc(C(C)(O)C(F)(F)F)cc2)COC1. The maximum absolute atomic E-state index is 13.2. The van der Waals surface area contributed by atoms with E-state index in [0.29, 0.717) is 32.1 Å². The van der Waals surface area contributed by atoms with Crippen LogP contribution in [0.15, 0.2) is 46.0 Å². The predicted molar refractivity (Wildman–Crippen MR) is 126 cm³/mol. The third-order valence-electron chi connectivity index (χ3n) is 6.51. The maximum Gasteiger partial charge on any atom is 0.421 e. The minimum absolute atomic E-state index is 0.0763. The van der Waals surface area contributed by atoms with Gasteiger partial charge in [0.1, 0.15) is 4.21 Å². The smallest absolute Gasteiger partial charge is 0.380 e. The fraction of sp³-hybridized carbons (Fsp3) is 0.565. The summed E-state index contributed by atoms with van der Waals surface area (Å²) in [6, 6.07) is 8.45. The normalized spacial score (nSPS) is 23.0. The Hall–Kier alpha value is -1.70. The Morgan fingerprint density at radius 2 is 1.89 bits per heavy atom. The van der Waals surface area contributed by atoms with E-state index in [4.69, 9.17) is 9.47 Å². The van der Waals surface area contributed by atoms with Crippen molar-refractivity contribution in [3.8, 4) is 0 Å². The van der Waals surface area contributed by atoms with Crippen molar-refractivity contribution in [3.63, 3.8) is 0 Å². The molecule has 2 aliphatic rings. The van der Waals surface area contributed by atoms with Gasteiger partial charge in [-0.2, -0.15) is 17.5 Å². The summed E-state index contributed by atoms with van der Waals surface area (Å²) in [5.41, 5.74) is -2.68. The largest absolute Gasteiger partial charge is 0.421 e. The summed E-state index contributed by atoms with van der Waals surface area (Å²) >= 11 is 1.16. The summed E-state index contributed by atoms with van der Waals surface area (Å²) in [6.45, 7) is 5.41.